The number of benzene rings is 2. The average molecular weight is 374 g/mol. The van der Waals surface area contributed by atoms with Gasteiger partial charge < -0.3 is 5.32 Å². The first kappa shape index (κ1) is 16.8. The Labute approximate surface area is 152 Å². The Hall–Kier alpha value is -2.07. The van der Waals surface area contributed by atoms with Crippen molar-refractivity contribution in [2.75, 3.05) is 5.32 Å². The number of carbonyl (C=O) groups is 1. The summed E-state index contributed by atoms with van der Waals surface area (Å²) in [4.78, 5) is 16.8. The van der Waals surface area contributed by atoms with Crippen LogP contribution in [0.1, 0.15) is 12.5 Å². The van der Waals surface area contributed by atoms with Crippen LogP contribution in [0.4, 0.5) is 5.69 Å². The van der Waals surface area contributed by atoms with Gasteiger partial charge in [0.1, 0.15) is 0 Å². The Morgan fingerprint density at radius 1 is 1.38 bits per heavy atom. The standard InChI is InChI=1S/C17H12ClN3OS2/c1-10(16(22)20-13-4-2-3-11(7-13)9-19)23-17-21-14-8-12(18)5-6-15(14)24-17/h2-8,10H,1H3,(H,20,22). The molecule has 0 aliphatic carbocycles. The summed E-state index contributed by atoms with van der Waals surface area (Å²) in [6, 6.07) is 14.5. The second-order valence-corrected chi connectivity index (χ2v) is 8.09. The third-order valence-electron chi connectivity index (χ3n) is 3.24. The molecule has 1 aromatic heterocycles. The molecule has 1 unspecified atom stereocenters. The van der Waals surface area contributed by atoms with E-state index in [9.17, 15) is 4.79 Å². The van der Waals surface area contributed by atoms with Crippen LogP contribution in [0.15, 0.2) is 46.8 Å². The maximum Gasteiger partial charge on any atom is 0.237 e. The van der Waals surface area contributed by atoms with Gasteiger partial charge in [0.25, 0.3) is 0 Å². The van der Waals surface area contributed by atoms with Crippen molar-refractivity contribution in [1.29, 1.82) is 5.26 Å². The minimum absolute atomic E-state index is 0.132. The van der Waals surface area contributed by atoms with Gasteiger partial charge in [0, 0.05) is 10.7 Å². The summed E-state index contributed by atoms with van der Waals surface area (Å²) in [6.07, 6.45) is 0. The Balaban J connectivity index is 1.69. The number of aromatic nitrogens is 1. The maximum absolute atomic E-state index is 12.3. The maximum atomic E-state index is 12.3. The Bertz CT molecular complexity index is 948. The minimum Gasteiger partial charge on any atom is -0.325 e. The summed E-state index contributed by atoms with van der Waals surface area (Å²) < 4.78 is 1.86. The second-order valence-electron chi connectivity index (χ2n) is 5.03. The van der Waals surface area contributed by atoms with Gasteiger partial charge in [0.15, 0.2) is 4.34 Å². The highest BCUT2D eigenvalue weighted by atomic mass is 35.5. The van der Waals surface area contributed by atoms with Gasteiger partial charge in [0.05, 0.1) is 27.1 Å². The van der Waals surface area contributed by atoms with Crippen LogP contribution in [0.5, 0.6) is 0 Å². The predicted molar refractivity (Wildman–Crippen MR) is 99.7 cm³/mol. The number of thiazole rings is 1. The lowest BCUT2D eigenvalue weighted by molar-refractivity contribution is -0.115. The summed E-state index contributed by atoms with van der Waals surface area (Å²) in [7, 11) is 0. The fraction of sp³-hybridized carbons (Fsp3) is 0.118. The number of halogens is 1. The van der Waals surface area contributed by atoms with Crippen LogP contribution in [-0.4, -0.2) is 16.1 Å². The fourth-order valence-corrected chi connectivity index (χ4v) is 4.40. The van der Waals surface area contributed by atoms with Gasteiger partial charge in [-0.15, -0.1) is 11.3 Å². The highest BCUT2D eigenvalue weighted by molar-refractivity contribution is 8.02. The van der Waals surface area contributed by atoms with Crippen LogP contribution >= 0.6 is 34.7 Å². The molecule has 3 aromatic rings. The molecule has 1 amide bonds. The average Bonchev–Trinajstić information content (AvgIpc) is 2.96. The van der Waals surface area contributed by atoms with Crippen molar-refractivity contribution in [2.45, 2.75) is 16.5 Å². The molecule has 0 aliphatic heterocycles. The lowest BCUT2D eigenvalue weighted by Crippen LogP contribution is -2.22. The van der Waals surface area contributed by atoms with Gasteiger partial charge in [-0.1, -0.05) is 29.4 Å². The van der Waals surface area contributed by atoms with Crippen molar-refractivity contribution in [1.82, 2.24) is 4.98 Å². The van der Waals surface area contributed by atoms with Gasteiger partial charge >= 0.3 is 0 Å². The smallest absolute Gasteiger partial charge is 0.237 e. The van der Waals surface area contributed by atoms with Crippen molar-refractivity contribution in [3.63, 3.8) is 0 Å². The number of rotatable bonds is 4. The first-order valence-corrected chi connectivity index (χ1v) is 9.16. The molecule has 0 aliphatic rings. The number of carbonyl (C=O) groups excluding carboxylic acids is 1. The molecule has 24 heavy (non-hydrogen) atoms. The summed E-state index contributed by atoms with van der Waals surface area (Å²) in [5.41, 5.74) is 1.96. The topological polar surface area (TPSA) is 65.8 Å². The highest BCUT2D eigenvalue weighted by Crippen LogP contribution is 2.33. The molecular weight excluding hydrogens is 362 g/mol. The van der Waals surface area contributed by atoms with E-state index in [1.807, 2.05) is 25.1 Å². The Morgan fingerprint density at radius 3 is 3.00 bits per heavy atom. The molecule has 0 saturated carbocycles. The van der Waals surface area contributed by atoms with E-state index in [1.54, 1.807) is 24.3 Å². The van der Waals surface area contributed by atoms with E-state index in [4.69, 9.17) is 16.9 Å². The number of amides is 1. The molecule has 0 fully saturated rings. The van der Waals surface area contributed by atoms with E-state index in [2.05, 4.69) is 16.4 Å². The summed E-state index contributed by atoms with van der Waals surface area (Å²) in [5.74, 6) is -0.132. The second kappa shape index (κ2) is 7.22. The van der Waals surface area contributed by atoms with E-state index in [0.29, 0.717) is 16.3 Å². The minimum atomic E-state index is -0.313. The predicted octanol–water partition coefficient (Wildman–Crippen LogP) is 4.94. The zero-order chi connectivity index (χ0) is 17.1. The summed E-state index contributed by atoms with van der Waals surface area (Å²) in [6.45, 7) is 1.83. The number of nitriles is 1. The molecule has 0 radical (unpaired) electrons. The first-order valence-electron chi connectivity index (χ1n) is 7.09. The van der Waals surface area contributed by atoms with E-state index < -0.39 is 0 Å². The normalized spacial score (nSPS) is 11.9. The molecular formula is C17H12ClN3OS2. The summed E-state index contributed by atoms with van der Waals surface area (Å²) >= 11 is 8.90. The van der Waals surface area contributed by atoms with Crippen LogP contribution in [0, 0.1) is 11.3 Å². The molecule has 1 atom stereocenters. The quantitative estimate of drug-likeness (QED) is 0.658. The molecule has 7 heteroatoms. The number of nitrogens with one attached hydrogen (secondary N) is 1. The van der Waals surface area contributed by atoms with E-state index in [-0.39, 0.29) is 11.2 Å². The highest BCUT2D eigenvalue weighted by Gasteiger charge is 2.17. The lowest BCUT2D eigenvalue weighted by atomic mass is 10.2. The van der Waals surface area contributed by atoms with E-state index in [1.165, 1.54) is 23.1 Å². The number of hydrogen-bond donors (Lipinski definition) is 1. The van der Waals surface area contributed by atoms with Crippen molar-refractivity contribution >= 4 is 56.5 Å². The largest absolute Gasteiger partial charge is 0.325 e. The zero-order valence-corrected chi connectivity index (χ0v) is 15.0. The molecule has 2 aromatic carbocycles. The molecule has 0 bridgehead atoms. The third-order valence-corrected chi connectivity index (χ3v) is 5.70. The zero-order valence-electron chi connectivity index (χ0n) is 12.6. The van der Waals surface area contributed by atoms with Crippen LogP contribution in [0.25, 0.3) is 10.2 Å². The first-order chi connectivity index (χ1) is 11.5. The summed E-state index contributed by atoms with van der Waals surface area (Å²) in [5, 5.41) is 12.1. The van der Waals surface area contributed by atoms with Gasteiger partial charge in [-0.3, -0.25) is 4.79 Å². The van der Waals surface area contributed by atoms with Crippen molar-refractivity contribution in [3.8, 4) is 6.07 Å². The SMILES string of the molecule is CC(Sc1nc2cc(Cl)ccc2s1)C(=O)Nc1cccc(C#N)c1. The van der Waals surface area contributed by atoms with E-state index >= 15 is 0 Å². The van der Waals surface area contributed by atoms with Crippen molar-refractivity contribution in [3.05, 3.63) is 53.1 Å². The van der Waals surface area contributed by atoms with Gasteiger partial charge in [-0.2, -0.15) is 5.26 Å². The fourth-order valence-electron chi connectivity index (χ4n) is 2.04. The van der Waals surface area contributed by atoms with Gasteiger partial charge in [-0.05, 0) is 43.3 Å². The van der Waals surface area contributed by atoms with Crippen LogP contribution in [0.2, 0.25) is 5.02 Å². The molecule has 1 N–H and O–H groups in total. The number of anilines is 1. The lowest BCUT2D eigenvalue weighted by Gasteiger charge is -2.10. The number of hydrogen-bond acceptors (Lipinski definition) is 5. The van der Waals surface area contributed by atoms with Crippen LogP contribution in [0.3, 0.4) is 0 Å². The van der Waals surface area contributed by atoms with E-state index in [0.717, 1.165) is 14.6 Å². The van der Waals surface area contributed by atoms with Crippen LogP contribution in [-0.2, 0) is 4.79 Å². The number of nitrogens with zero attached hydrogens (tertiary/aromatic N) is 2. The van der Waals surface area contributed by atoms with Gasteiger partial charge in [0.2, 0.25) is 5.91 Å². The number of fused-ring (bicyclic) bond motifs is 1. The molecule has 1 heterocycles. The monoisotopic (exact) mass is 373 g/mol. The Morgan fingerprint density at radius 2 is 2.21 bits per heavy atom. The molecule has 0 spiro atoms. The van der Waals surface area contributed by atoms with Crippen LogP contribution < -0.4 is 5.32 Å². The molecule has 120 valence electrons. The molecule has 0 saturated heterocycles. The number of thioether (sulfide) groups is 1. The van der Waals surface area contributed by atoms with Gasteiger partial charge in [-0.25, -0.2) is 4.98 Å². The molecule has 4 nitrogen and oxygen atoms in total. The van der Waals surface area contributed by atoms with Crippen molar-refractivity contribution < 1.29 is 4.79 Å². The third kappa shape index (κ3) is 3.88. The van der Waals surface area contributed by atoms with Crippen molar-refractivity contribution in [2.24, 2.45) is 0 Å². The Kier molecular flexibility index (Phi) is 5.05. The molecule has 3 rings (SSSR count).